The summed E-state index contributed by atoms with van der Waals surface area (Å²) in [6.07, 6.45) is -8.63. The number of carboxylic acid groups (broad SMARTS) is 1. The molecule has 0 saturated carbocycles. The van der Waals surface area contributed by atoms with E-state index in [1.54, 1.807) is 0 Å². The maximum Gasteiger partial charge on any atom is 0.335 e. The number of hydrogen-bond acceptors (Lipinski definition) is 7. The molecule has 100 valence electrons. The molecule has 0 aliphatic carbocycles. The maximum absolute atomic E-state index is 10.6. The first-order chi connectivity index (χ1) is 7.34. The molecule has 1 saturated heterocycles. The molecule has 1 heterocycles. The van der Waals surface area contributed by atoms with E-state index >= 15 is 0 Å². The lowest BCUT2D eigenvalue weighted by molar-refractivity contribution is -0.285. The zero-order valence-electron chi connectivity index (χ0n) is 8.31. The van der Waals surface area contributed by atoms with Crippen molar-refractivity contribution in [1.82, 2.24) is 0 Å². The highest BCUT2D eigenvalue weighted by atomic mass is 16.7. The Kier molecular flexibility index (Phi) is 5.49. The summed E-state index contributed by atoms with van der Waals surface area (Å²) in [6.45, 7) is 1.03. The van der Waals surface area contributed by atoms with E-state index in [0.29, 0.717) is 0 Å². The molecule has 0 radical (unpaired) electrons. The van der Waals surface area contributed by atoms with Gasteiger partial charge in [-0.3, -0.25) is 4.79 Å². The Morgan fingerprint density at radius 2 is 1.65 bits per heavy atom. The number of hydrogen-bond donors (Lipinski definition) is 4. The van der Waals surface area contributed by atoms with E-state index in [2.05, 4.69) is 9.47 Å². The van der Waals surface area contributed by atoms with Crippen LogP contribution in [0.1, 0.15) is 14.4 Å². The monoisotopic (exact) mass is 252 g/mol. The van der Waals surface area contributed by atoms with Crippen LogP contribution >= 0.6 is 0 Å². The summed E-state index contributed by atoms with van der Waals surface area (Å²) in [5, 5.41) is 36.6. The van der Waals surface area contributed by atoms with Crippen molar-refractivity contribution in [3.63, 3.8) is 0 Å². The van der Waals surface area contributed by atoms with Gasteiger partial charge in [-0.1, -0.05) is 7.43 Å². The molecule has 0 spiro atoms. The van der Waals surface area contributed by atoms with Crippen molar-refractivity contribution in [1.29, 1.82) is 0 Å². The van der Waals surface area contributed by atoms with Gasteiger partial charge in [0.25, 0.3) is 0 Å². The number of aliphatic hydroxyl groups excluding tert-OH is 3. The van der Waals surface area contributed by atoms with Gasteiger partial charge in [0.05, 0.1) is 0 Å². The highest BCUT2D eigenvalue weighted by molar-refractivity contribution is 5.73. The number of ether oxygens (including phenoxy) is 2. The third-order valence-corrected chi connectivity index (χ3v) is 2.10. The topological polar surface area (TPSA) is 134 Å². The van der Waals surface area contributed by atoms with E-state index in [1.807, 2.05) is 0 Å². The first kappa shape index (κ1) is 15.8. The Morgan fingerprint density at radius 3 is 2.06 bits per heavy atom. The molecule has 1 fully saturated rings. The molecule has 0 bridgehead atoms. The van der Waals surface area contributed by atoms with Gasteiger partial charge in [-0.05, 0) is 0 Å². The number of aliphatic hydroxyl groups is 3. The molecule has 8 heteroatoms. The fourth-order valence-electron chi connectivity index (χ4n) is 1.31. The van der Waals surface area contributed by atoms with E-state index in [0.717, 1.165) is 6.92 Å². The van der Waals surface area contributed by atoms with Gasteiger partial charge in [-0.2, -0.15) is 0 Å². The molecule has 1 aliphatic rings. The van der Waals surface area contributed by atoms with Crippen LogP contribution in [0.3, 0.4) is 0 Å². The van der Waals surface area contributed by atoms with Crippen molar-refractivity contribution in [2.75, 3.05) is 0 Å². The number of rotatable bonds is 2. The van der Waals surface area contributed by atoms with Crippen LogP contribution < -0.4 is 0 Å². The third-order valence-electron chi connectivity index (χ3n) is 2.10. The standard InChI is InChI=1S/C8H12O8.CH4/c1-2(9)15-8-5(12)3(10)4(11)6(16-8)7(13)14;/h3-6,8,10-12H,1H3,(H,13,14);1H4/t3-,4-,5?,6?,8+;/m0./s1. The van der Waals surface area contributed by atoms with E-state index in [4.69, 9.17) is 5.11 Å². The van der Waals surface area contributed by atoms with E-state index in [9.17, 15) is 24.9 Å². The van der Waals surface area contributed by atoms with Crippen LogP contribution in [0.5, 0.6) is 0 Å². The minimum Gasteiger partial charge on any atom is -0.479 e. The van der Waals surface area contributed by atoms with Gasteiger partial charge >= 0.3 is 11.9 Å². The summed E-state index contributed by atoms with van der Waals surface area (Å²) in [5.41, 5.74) is 0. The first-order valence-electron chi connectivity index (χ1n) is 4.44. The number of carbonyl (C=O) groups is 2. The fourth-order valence-corrected chi connectivity index (χ4v) is 1.31. The first-order valence-corrected chi connectivity index (χ1v) is 4.44. The minimum absolute atomic E-state index is 0. The molecule has 0 aromatic rings. The van der Waals surface area contributed by atoms with Gasteiger partial charge in [0, 0.05) is 6.92 Å². The summed E-state index contributed by atoms with van der Waals surface area (Å²) in [6, 6.07) is 0. The molecule has 0 amide bonds. The zero-order chi connectivity index (χ0) is 12.5. The number of carboxylic acids is 1. The quantitative estimate of drug-likeness (QED) is 0.418. The minimum atomic E-state index is -1.79. The SMILES string of the molecule is C.CC(=O)O[C@@H]1OC(C(=O)O)[C@@H](O)[C@H](O)C1O. The van der Waals surface area contributed by atoms with Gasteiger partial charge in [0.15, 0.2) is 6.10 Å². The third kappa shape index (κ3) is 3.37. The largest absolute Gasteiger partial charge is 0.479 e. The predicted octanol–water partition coefficient (Wildman–Crippen LogP) is -1.92. The highest BCUT2D eigenvalue weighted by Gasteiger charge is 2.48. The van der Waals surface area contributed by atoms with Crippen molar-refractivity contribution in [3.05, 3.63) is 0 Å². The Hall–Kier alpha value is -1.22. The molecule has 0 aromatic heterocycles. The summed E-state index contributed by atoms with van der Waals surface area (Å²) < 4.78 is 9.11. The van der Waals surface area contributed by atoms with Gasteiger partial charge < -0.3 is 29.9 Å². The number of carbonyl (C=O) groups excluding carboxylic acids is 1. The lowest BCUT2D eigenvalue weighted by Gasteiger charge is -2.37. The van der Waals surface area contributed by atoms with Crippen LogP contribution in [-0.4, -0.2) is 63.1 Å². The molecule has 17 heavy (non-hydrogen) atoms. The number of esters is 1. The zero-order valence-corrected chi connectivity index (χ0v) is 8.31. The summed E-state index contributed by atoms with van der Waals surface area (Å²) in [5.74, 6) is -2.34. The molecule has 2 unspecified atom stereocenters. The van der Waals surface area contributed by atoms with Crippen LogP contribution in [0.2, 0.25) is 0 Å². The van der Waals surface area contributed by atoms with Gasteiger partial charge in [-0.15, -0.1) is 0 Å². The maximum atomic E-state index is 10.6. The van der Waals surface area contributed by atoms with Gasteiger partial charge in [-0.25, -0.2) is 4.79 Å². The Bertz CT molecular complexity index is 289. The van der Waals surface area contributed by atoms with E-state index in [-0.39, 0.29) is 7.43 Å². The Labute approximate surface area is 97.4 Å². The summed E-state index contributed by atoms with van der Waals surface area (Å²) >= 11 is 0. The van der Waals surface area contributed by atoms with Crippen molar-refractivity contribution >= 4 is 11.9 Å². The lowest BCUT2D eigenvalue weighted by atomic mass is 9.99. The van der Waals surface area contributed by atoms with Crippen molar-refractivity contribution in [2.24, 2.45) is 0 Å². The lowest BCUT2D eigenvalue weighted by Crippen LogP contribution is -2.60. The molecular formula is C9H16O8. The fraction of sp³-hybridized carbons (Fsp3) is 0.778. The van der Waals surface area contributed by atoms with Crippen molar-refractivity contribution in [2.45, 2.75) is 45.1 Å². The Morgan fingerprint density at radius 1 is 1.12 bits per heavy atom. The van der Waals surface area contributed by atoms with Crippen LogP contribution in [-0.2, 0) is 19.1 Å². The second-order valence-electron chi connectivity index (χ2n) is 3.34. The van der Waals surface area contributed by atoms with Crippen LogP contribution in [0, 0.1) is 0 Å². The number of aliphatic carboxylic acids is 1. The van der Waals surface area contributed by atoms with Crippen LogP contribution in [0.25, 0.3) is 0 Å². The molecular weight excluding hydrogens is 236 g/mol. The van der Waals surface area contributed by atoms with E-state index < -0.39 is 42.6 Å². The van der Waals surface area contributed by atoms with Gasteiger partial charge in [0.1, 0.15) is 18.3 Å². The molecule has 1 rings (SSSR count). The Balaban J connectivity index is 0.00000256. The summed E-state index contributed by atoms with van der Waals surface area (Å²) in [4.78, 5) is 21.2. The smallest absolute Gasteiger partial charge is 0.335 e. The predicted molar refractivity (Wildman–Crippen MR) is 52.8 cm³/mol. The second-order valence-corrected chi connectivity index (χ2v) is 3.34. The molecule has 0 aromatic carbocycles. The summed E-state index contributed by atoms with van der Waals surface area (Å²) in [7, 11) is 0. The molecule has 5 atom stereocenters. The van der Waals surface area contributed by atoms with Crippen molar-refractivity contribution < 1.29 is 39.5 Å². The second kappa shape index (κ2) is 5.92. The van der Waals surface area contributed by atoms with E-state index in [1.165, 1.54) is 0 Å². The highest BCUT2D eigenvalue weighted by Crippen LogP contribution is 2.22. The molecule has 1 aliphatic heterocycles. The molecule has 4 N–H and O–H groups in total. The normalized spacial score (nSPS) is 36.8. The van der Waals surface area contributed by atoms with Crippen LogP contribution in [0.15, 0.2) is 0 Å². The van der Waals surface area contributed by atoms with Gasteiger partial charge in [0.2, 0.25) is 6.29 Å². The average molecular weight is 252 g/mol. The molecule has 8 nitrogen and oxygen atoms in total. The average Bonchev–Trinajstić information content (AvgIpc) is 2.18. The van der Waals surface area contributed by atoms with Crippen LogP contribution in [0.4, 0.5) is 0 Å². The van der Waals surface area contributed by atoms with Crippen molar-refractivity contribution in [3.8, 4) is 0 Å².